The van der Waals surface area contributed by atoms with Gasteiger partial charge in [0.05, 0.1) is 12.5 Å². The molecule has 0 aromatic heterocycles. The minimum Gasteiger partial charge on any atom is -0.372 e. The van der Waals surface area contributed by atoms with E-state index in [1.165, 1.54) is 18.2 Å². The lowest BCUT2D eigenvalue weighted by atomic mass is 9.89. The third-order valence-corrected chi connectivity index (χ3v) is 5.82. The monoisotopic (exact) mass is 482 g/mol. The first-order valence-electron chi connectivity index (χ1n) is 9.43. The fourth-order valence-corrected chi connectivity index (χ4v) is 4.31. The number of fused-ring (bicyclic) bond motifs is 1. The standard InChI is InChI=1S/C21H15Cl2F3N4O2/c22-16-6-15(7-17(23)8-16)20(21(24,25)26)9-18(29-32-20)30-10-13-2-1-12(5-14(13)11-30)19(31)28-4-3-27/h1-2,5-8H,4,9-11H2,(H,28,31). The van der Waals surface area contributed by atoms with E-state index in [-0.39, 0.29) is 34.5 Å². The average Bonchev–Trinajstić information content (AvgIpc) is 3.35. The van der Waals surface area contributed by atoms with Crippen molar-refractivity contribution in [1.29, 1.82) is 5.26 Å². The van der Waals surface area contributed by atoms with E-state index in [2.05, 4.69) is 10.5 Å². The number of rotatable bonds is 3. The van der Waals surface area contributed by atoms with E-state index >= 15 is 0 Å². The summed E-state index contributed by atoms with van der Waals surface area (Å²) in [5.74, 6) is -0.270. The summed E-state index contributed by atoms with van der Waals surface area (Å²) in [7, 11) is 0. The zero-order valence-corrected chi connectivity index (χ0v) is 17.9. The molecule has 0 radical (unpaired) electrons. The van der Waals surface area contributed by atoms with E-state index in [9.17, 15) is 18.0 Å². The van der Waals surface area contributed by atoms with Gasteiger partial charge in [-0.05, 0) is 41.5 Å². The maximum atomic E-state index is 14.2. The van der Waals surface area contributed by atoms with Crippen LogP contribution in [0.2, 0.25) is 10.0 Å². The van der Waals surface area contributed by atoms with Gasteiger partial charge in [-0.2, -0.15) is 18.4 Å². The van der Waals surface area contributed by atoms with Crippen LogP contribution in [0.15, 0.2) is 41.6 Å². The molecule has 1 atom stereocenters. The summed E-state index contributed by atoms with van der Waals surface area (Å²) in [6.07, 6.45) is -5.32. The molecule has 1 unspecified atom stereocenters. The normalized spacial score (nSPS) is 19.8. The minimum absolute atomic E-state index is 0.0592. The third kappa shape index (κ3) is 3.96. The van der Waals surface area contributed by atoms with Crippen molar-refractivity contribution < 1.29 is 22.8 Å². The van der Waals surface area contributed by atoms with Crippen LogP contribution in [-0.4, -0.2) is 29.4 Å². The number of halogens is 5. The number of amidine groups is 1. The second-order valence-electron chi connectivity index (χ2n) is 7.44. The molecule has 11 heteroatoms. The number of nitrogens with one attached hydrogen (secondary N) is 1. The molecular formula is C21H15Cl2F3N4O2. The Morgan fingerprint density at radius 3 is 2.53 bits per heavy atom. The van der Waals surface area contributed by atoms with Crippen molar-refractivity contribution in [3.05, 3.63) is 68.7 Å². The van der Waals surface area contributed by atoms with Gasteiger partial charge in [-0.15, -0.1) is 0 Å². The molecule has 4 rings (SSSR count). The number of carbonyl (C=O) groups is 1. The van der Waals surface area contributed by atoms with E-state index in [1.807, 2.05) is 6.07 Å². The molecule has 0 spiro atoms. The Kier molecular flexibility index (Phi) is 5.69. The van der Waals surface area contributed by atoms with Crippen LogP contribution in [0.3, 0.4) is 0 Å². The van der Waals surface area contributed by atoms with E-state index < -0.39 is 24.1 Å². The maximum Gasteiger partial charge on any atom is 0.435 e. The topological polar surface area (TPSA) is 77.7 Å². The molecule has 2 heterocycles. The molecule has 2 aromatic rings. The Morgan fingerprint density at radius 1 is 1.19 bits per heavy atom. The van der Waals surface area contributed by atoms with Gasteiger partial charge in [0.25, 0.3) is 11.5 Å². The quantitative estimate of drug-likeness (QED) is 0.640. The van der Waals surface area contributed by atoms with E-state index in [0.29, 0.717) is 12.1 Å². The third-order valence-electron chi connectivity index (χ3n) is 5.38. The Bertz CT molecular complexity index is 1140. The Balaban J connectivity index is 1.56. The molecular weight excluding hydrogens is 468 g/mol. The van der Waals surface area contributed by atoms with Crippen LogP contribution in [-0.2, 0) is 23.5 Å². The molecule has 0 saturated carbocycles. The second-order valence-corrected chi connectivity index (χ2v) is 8.31. The lowest BCUT2D eigenvalue weighted by Gasteiger charge is -2.30. The molecule has 2 aliphatic heterocycles. The molecule has 1 N–H and O–H groups in total. The number of alkyl halides is 3. The van der Waals surface area contributed by atoms with Gasteiger partial charge in [0.15, 0.2) is 0 Å². The predicted molar refractivity (Wildman–Crippen MR) is 111 cm³/mol. The van der Waals surface area contributed by atoms with Gasteiger partial charge in [-0.3, -0.25) is 4.79 Å². The fraction of sp³-hybridized carbons (Fsp3) is 0.286. The summed E-state index contributed by atoms with van der Waals surface area (Å²) >= 11 is 11.9. The number of carbonyl (C=O) groups excluding carboxylic acids is 1. The minimum atomic E-state index is -4.77. The first-order chi connectivity index (χ1) is 15.1. The number of amides is 1. The highest BCUT2D eigenvalue weighted by molar-refractivity contribution is 6.34. The highest BCUT2D eigenvalue weighted by atomic mass is 35.5. The predicted octanol–water partition coefficient (Wildman–Crippen LogP) is 4.75. The van der Waals surface area contributed by atoms with Crippen molar-refractivity contribution in [2.45, 2.75) is 31.3 Å². The summed E-state index contributed by atoms with van der Waals surface area (Å²) in [6.45, 7) is 0.465. The number of nitriles is 1. The first-order valence-corrected chi connectivity index (χ1v) is 10.2. The SMILES string of the molecule is N#CCNC(=O)c1ccc2c(c1)CN(C1=NOC(c3cc(Cl)cc(Cl)c3)(C(F)(F)F)C1)C2. The van der Waals surface area contributed by atoms with Crippen LogP contribution >= 0.6 is 23.2 Å². The van der Waals surface area contributed by atoms with Crippen molar-refractivity contribution in [3.8, 4) is 6.07 Å². The second kappa shape index (κ2) is 8.19. The van der Waals surface area contributed by atoms with Gasteiger partial charge in [-0.25, -0.2) is 0 Å². The molecule has 166 valence electrons. The average molecular weight is 483 g/mol. The van der Waals surface area contributed by atoms with Gasteiger partial charge in [0.1, 0.15) is 12.4 Å². The summed E-state index contributed by atoms with van der Waals surface area (Å²) in [4.78, 5) is 18.8. The molecule has 0 fully saturated rings. The lowest BCUT2D eigenvalue weighted by molar-refractivity contribution is -0.275. The van der Waals surface area contributed by atoms with Crippen LogP contribution in [0.1, 0.15) is 33.5 Å². The molecule has 6 nitrogen and oxygen atoms in total. The van der Waals surface area contributed by atoms with Gasteiger partial charge in [-0.1, -0.05) is 34.4 Å². The maximum absolute atomic E-state index is 14.2. The Labute approximate surface area is 191 Å². The lowest BCUT2D eigenvalue weighted by Crippen LogP contribution is -2.43. The number of benzene rings is 2. The number of hydrogen-bond donors (Lipinski definition) is 1. The molecule has 2 aromatic carbocycles. The van der Waals surface area contributed by atoms with Crippen molar-refractivity contribution in [3.63, 3.8) is 0 Å². The van der Waals surface area contributed by atoms with Crippen LogP contribution in [0.25, 0.3) is 0 Å². The van der Waals surface area contributed by atoms with Gasteiger partial charge < -0.3 is 15.1 Å². The number of oxime groups is 1. The summed E-state index contributed by atoms with van der Waals surface area (Å²) < 4.78 is 42.5. The largest absolute Gasteiger partial charge is 0.435 e. The molecule has 0 aliphatic carbocycles. The van der Waals surface area contributed by atoms with Gasteiger partial charge in [0.2, 0.25) is 0 Å². The smallest absolute Gasteiger partial charge is 0.372 e. The van der Waals surface area contributed by atoms with Crippen LogP contribution in [0.4, 0.5) is 13.2 Å². The molecule has 0 saturated heterocycles. The zero-order valence-electron chi connectivity index (χ0n) is 16.3. The highest BCUT2D eigenvalue weighted by Crippen LogP contribution is 2.49. The van der Waals surface area contributed by atoms with Gasteiger partial charge in [0, 0.05) is 34.3 Å². The number of hydrogen-bond acceptors (Lipinski definition) is 5. The van der Waals surface area contributed by atoms with E-state index in [1.54, 1.807) is 23.1 Å². The van der Waals surface area contributed by atoms with Crippen molar-refractivity contribution in [2.75, 3.05) is 6.54 Å². The first kappa shape index (κ1) is 22.2. The summed E-state index contributed by atoms with van der Waals surface area (Å²) in [5, 5.41) is 14.9. The van der Waals surface area contributed by atoms with Crippen LogP contribution in [0, 0.1) is 11.3 Å². The molecule has 2 aliphatic rings. The van der Waals surface area contributed by atoms with Crippen molar-refractivity contribution in [2.24, 2.45) is 5.16 Å². The molecule has 0 bridgehead atoms. The fourth-order valence-electron chi connectivity index (χ4n) is 3.78. The molecule has 32 heavy (non-hydrogen) atoms. The van der Waals surface area contributed by atoms with E-state index in [0.717, 1.165) is 11.1 Å². The Morgan fingerprint density at radius 2 is 1.88 bits per heavy atom. The van der Waals surface area contributed by atoms with Crippen LogP contribution in [0.5, 0.6) is 0 Å². The van der Waals surface area contributed by atoms with Gasteiger partial charge >= 0.3 is 6.18 Å². The summed E-state index contributed by atoms with van der Waals surface area (Å²) in [6, 6.07) is 10.5. The van der Waals surface area contributed by atoms with Crippen LogP contribution < -0.4 is 5.32 Å². The van der Waals surface area contributed by atoms with Crippen molar-refractivity contribution >= 4 is 34.9 Å². The Hall–Kier alpha value is -2.96. The van der Waals surface area contributed by atoms with Crippen molar-refractivity contribution in [1.82, 2.24) is 10.2 Å². The summed E-state index contributed by atoms with van der Waals surface area (Å²) in [5.41, 5.74) is -0.918. The zero-order chi connectivity index (χ0) is 23.1. The number of nitrogens with zero attached hydrogens (tertiary/aromatic N) is 3. The molecule has 1 amide bonds. The van der Waals surface area contributed by atoms with E-state index in [4.69, 9.17) is 33.3 Å². The highest BCUT2D eigenvalue weighted by Gasteiger charge is 2.63.